The third-order valence-electron chi connectivity index (χ3n) is 6.08. The maximum Gasteiger partial charge on any atom is 0.278 e. The van der Waals surface area contributed by atoms with Gasteiger partial charge in [-0.3, -0.25) is 14.6 Å². The fraction of sp³-hybridized carbons (Fsp3) is 0.231. The van der Waals surface area contributed by atoms with Crippen LogP contribution in [0.25, 0.3) is 0 Å². The van der Waals surface area contributed by atoms with Crippen LogP contribution in [0.5, 0.6) is 0 Å². The van der Waals surface area contributed by atoms with E-state index in [1.165, 1.54) is 5.69 Å². The van der Waals surface area contributed by atoms with E-state index in [0.717, 1.165) is 48.7 Å². The number of para-hydroxylation sites is 3. The van der Waals surface area contributed by atoms with Crippen molar-refractivity contribution in [2.75, 3.05) is 42.6 Å². The summed E-state index contributed by atoms with van der Waals surface area (Å²) in [5.41, 5.74) is 5.57. The van der Waals surface area contributed by atoms with Crippen molar-refractivity contribution < 1.29 is 4.79 Å². The third-order valence-corrected chi connectivity index (χ3v) is 6.08. The van der Waals surface area contributed by atoms with Crippen LogP contribution in [0.2, 0.25) is 0 Å². The molecule has 0 spiro atoms. The summed E-state index contributed by atoms with van der Waals surface area (Å²) in [5.74, 6) is -0.0186. The minimum Gasteiger partial charge on any atom is -0.369 e. The largest absolute Gasteiger partial charge is 0.369 e. The van der Waals surface area contributed by atoms with Crippen molar-refractivity contribution in [3.8, 4) is 0 Å². The maximum absolute atomic E-state index is 13.4. The fourth-order valence-corrected chi connectivity index (χ4v) is 4.31. The molecule has 0 radical (unpaired) electrons. The van der Waals surface area contributed by atoms with Crippen molar-refractivity contribution in [3.05, 3.63) is 90.0 Å². The van der Waals surface area contributed by atoms with Crippen molar-refractivity contribution in [1.82, 2.24) is 4.90 Å². The van der Waals surface area contributed by atoms with E-state index in [-0.39, 0.29) is 5.91 Å². The number of fused-ring (bicyclic) bond motifs is 1. The molecule has 3 aromatic rings. The summed E-state index contributed by atoms with van der Waals surface area (Å²) in [4.78, 5) is 24.8. The molecule has 0 bridgehead atoms. The molecule has 0 atom stereocenters. The number of carbonyl (C=O) groups is 1. The van der Waals surface area contributed by atoms with Crippen LogP contribution in [0.4, 0.5) is 17.1 Å². The summed E-state index contributed by atoms with van der Waals surface area (Å²) in [7, 11) is 0. The minimum absolute atomic E-state index is 0.0186. The summed E-state index contributed by atoms with van der Waals surface area (Å²) in [6.07, 6.45) is 0. The van der Waals surface area contributed by atoms with E-state index in [9.17, 15) is 4.79 Å². The van der Waals surface area contributed by atoms with Gasteiger partial charge in [0.05, 0.1) is 18.0 Å². The molecule has 0 aromatic heterocycles. The normalized spacial score (nSPS) is 18.0. The molecular weight excluding hydrogens is 384 g/mol. The van der Waals surface area contributed by atoms with Gasteiger partial charge in [0.2, 0.25) is 0 Å². The average molecular weight is 411 g/mol. The SMILES string of the molecule is Cc1ccccc1N=C1C(=O)N(CN2CCN(c3ccccc3)CC2)c2ccccc21. The molecule has 156 valence electrons. The first kappa shape index (κ1) is 19.5. The molecule has 5 nitrogen and oxygen atoms in total. The molecule has 0 N–H and O–H groups in total. The first-order valence-corrected chi connectivity index (χ1v) is 10.8. The number of amides is 1. The quantitative estimate of drug-likeness (QED) is 0.646. The number of hydrogen-bond donors (Lipinski definition) is 0. The Labute approximate surface area is 183 Å². The van der Waals surface area contributed by atoms with Gasteiger partial charge in [-0.1, -0.05) is 54.6 Å². The molecule has 0 aliphatic carbocycles. The summed E-state index contributed by atoms with van der Waals surface area (Å²) >= 11 is 0. The van der Waals surface area contributed by atoms with Gasteiger partial charge in [0, 0.05) is 37.4 Å². The highest BCUT2D eigenvalue weighted by Gasteiger charge is 2.35. The van der Waals surface area contributed by atoms with Crippen molar-refractivity contribution in [2.24, 2.45) is 4.99 Å². The fourth-order valence-electron chi connectivity index (χ4n) is 4.31. The molecule has 1 fully saturated rings. The van der Waals surface area contributed by atoms with Crippen molar-refractivity contribution in [3.63, 3.8) is 0 Å². The minimum atomic E-state index is -0.0186. The molecule has 2 aliphatic rings. The van der Waals surface area contributed by atoms with E-state index in [1.54, 1.807) is 0 Å². The van der Waals surface area contributed by atoms with Gasteiger partial charge < -0.3 is 4.90 Å². The molecule has 0 unspecified atom stereocenters. The van der Waals surface area contributed by atoms with Crippen molar-refractivity contribution in [1.29, 1.82) is 0 Å². The molecule has 2 heterocycles. The van der Waals surface area contributed by atoms with Crippen LogP contribution < -0.4 is 9.80 Å². The Morgan fingerprint density at radius 3 is 2.26 bits per heavy atom. The van der Waals surface area contributed by atoms with Crippen molar-refractivity contribution >= 4 is 28.7 Å². The van der Waals surface area contributed by atoms with Crippen LogP contribution >= 0.6 is 0 Å². The Balaban J connectivity index is 1.35. The van der Waals surface area contributed by atoms with Gasteiger partial charge in [0.15, 0.2) is 0 Å². The van der Waals surface area contributed by atoms with Gasteiger partial charge in [-0.05, 0) is 36.8 Å². The Morgan fingerprint density at radius 1 is 0.806 bits per heavy atom. The second kappa shape index (κ2) is 8.36. The Bertz CT molecular complexity index is 1120. The molecule has 2 aliphatic heterocycles. The zero-order valence-corrected chi connectivity index (χ0v) is 17.7. The lowest BCUT2D eigenvalue weighted by atomic mass is 10.1. The van der Waals surface area contributed by atoms with Crippen LogP contribution in [0.1, 0.15) is 11.1 Å². The second-order valence-electron chi connectivity index (χ2n) is 8.08. The molecular formula is C26H26N4O. The van der Waals surface area contributed by atoms with Gasteiger partial charge >= 0.3 is 0 Å². The molecule has 1 saturated heterocycles. The lowest BCUT2D eigenvalue weighted by Crippen LogP contribution is -2.51. The topological polar surface area (TPSA) is 39.2 Å². The number of nitrogens with zero attached hydrogens (tertiary/aromatic N) is 4. The molecule has 1 amide bonds. The highest BCUT2D eigenvalue weighted by Crippen LogP contribution is 2.31. The van der Waals surface area contributed by atoms with Crippen LogP contribution in [0, 0.1) is 6.92 Å². The predicted octanol–water partition coefficient (Wildman–Crippen LogP) is 4.24. The van der Waals surface area contributed by atoms with E-state index in [1.807, 2.05) is 66.4 Å². The molecule has 3 aromatic carbocycles. The molecule has 0 saturated carbocycles. The van der Waals surface area contributed by atoms with Crippen LogP contribution in [0.3, 0.4) is 0 Å². The Morgan fingerprint density at radius 2 is 1.48 bits per heavy atom. The van der Waals surface area contributed by atoms with Crippen LogP contribution in [-0.2, 0) is 4.79 Å². The number of hydrogen-bond acceptors (Lipinski definition) is 4. The number of carbonyl (C=O) groups excluding carboxylic acids is 1. The lowest BCUT2D eigenvalue weighted by molar-refractivity contribution is -0.112. The summed E-state index contributed by atoms with van der Waals surface area (Å²) in [6.45, 7) is 6.37. The van der Waals surface area contributed by atoms with Crippen LogP contribution in [-0.4, -0.2) is 49.4 Å². The first-order chi connectivity index (χ1) is 15.2. The predicted molar refractivity (Wildman–Crippen MR) is 126 cm³/mol. The second-order valence-corrected chi connectivity index (χ2v) is 8.08. The number of piperazine rings is 1. The standard InChI is InChI=1S/C26H26N4O/c1-20-9-5-7-13-23(20)27-25-22-12-6-8-14-24(22)30(26(25)31)19-28-15-17-29(18-16-28)21-10-3-2-4-11-21/h2-14H,15-19H2,1H3. The van der Waals surface area contributed by atoms with E-state index >= 15 is 0 Å². The van der Waals surface area contributed by atoms with Gasteiger partial charge in [-0.25, -0.2) is 4.99 Å². The lowest BCUT2D eigenvalue weighted by Gasteiger charge is -2.37. The molecule has 5 heteroatoms. The smallest absolute Gasteiger partial charge is 0.278 e. The van der Waals surface area contributed by atoms with E-state index in [2.05, 4.69) is 34.1 Å². The third kappa shape index (κ3) is 3.84. The maximum atomic E-state index is 13.4. The first-order valence-electron chi connectivity index (χ1n) is 10.8. The summed E-state index contributed by atoms with van der Waals surface area (Å²) in [6, 6.07) is 26.4. The van der Waals surface area contributed by atoms with Gasteiger partial charge in [-0.2, -0.15) is 0 Å². The summed E-state index contributed by atoms with van der Waals surface area (Å²) in [5, 5.41) is 0. The highest BCUT2D eigenvalue weighted by atomic mass is 16.2. The number of aliphatic imine (C=N–C) groups is 1. The highest BCUT2D eigenvalue weighted by molar-refractivity contribution is 6.54. The zero-order valence-electron chi connectivity index (χ0n) is 17.7. The van der Waals surface area contributed by atoms with E-state index < -0.39 is 0 Å². The van der Waals surface area contributed by atoms with Crippen LogP contribution in [0.15, 0.2) is 83.9 Å². The van der Waals surface area contributed by atoms with E-state index in [4.69, 9.17) is 4.99 Å². The van der Waals surface area contributed by atoms with Crippen molar-refractivity contribution in [2.45, 2.75) is 6.92 Å². The molecule has 31 heavy (non-hydrogen) atoms. The number of rotatable bonds is 4. The number of benzene rings is 3. The number of anilines is 2. The van der Waals surface area contributed by atoms with Gasteiger partial charge in [0.25, 0.3) is 5.91 Å². The Hall–Kier alpha value is -3.44. The number of aryl methyl sites for hydroxylation is 1. The monoisotopic (exact) mass is 410 g/mol. The molecule has 5 rings (SSSR count). The van der Waals surface area contributed by atoms with E-state index in [0.29, 0.717) is 12.4 Å². The Kier molecular flexibility index (Phi) is 5.26. The average Bonchev–Trinajstić information content (AvgIpc) is 3.07. The van der Waals surface area contributed by atoms with Gasteiger partial charge in [0.1, 0.15) is 5.71 Å². The zero-order chi connectivity index (χ0) is 21.2. The van der Waals surface area contributed by atoms with Gasteiger partial charge in [-0.15, -0.1) is 0 Å². The summed E-state index contributed by atoms with van der Waals surface area (Å²) < 4.78 is 0.